The van der Waals surface area contributed by atoms with E-state index in [1.165, 1.54) is 6.07 Å². The number of carbonyl (C=O) groups is 2. The standard InChI is InChI=1S/C26H31F3N4O3/c1-17-7-11-30-22(13-17)25(36)9-5-21(6-10-25)33-12-8-20(16-33)32-23(34)15-31-24(35)18-3-2-4-19(14-18)26(27,28)29/h2-4,7,11,13-14,20-21,36H,5-6,8-10,12,15-16H2,1H3,(H,31,35)(H,32,34)/t20-,21?,25?/m1/s1. The number of carbonyl (C=O) groups excluding carboxylic acids is 2. The summed E-state index contributed by atoms with van der Waals surface area (Å²) in [5.41, 5.74) is -0.183. The molecule has 2 aliphatic rings. The topological polar surface area (TPSA) is 94.6 Å². The molecule has 1 aromatic heterocycles. The van der Waals surface area contributed by atoms with Gasteiger partial charge in [-0.3, -0.25) is 19.5 Å². The number of nitrogens with one attached hydrogen (secondary N) is 2. The third-order valence-corrected chi connectivity index (χ3v) is 7.14. The lowest BCUT2D eigenvalue weighted by atomic mass is 9.79. The average Bonchev–Trinajstić information content (AvgIpc) is 3.31. The van der Waals surface area contributed by atoms with E-state index in [2.05, 4.69) is 20.5 Å². The first-order valence-electron chi connectivity index (χ1n) is 12.2. The van der Waals surface area contributed by atoms with Gasteiger partial charge in [0, 0.05) is 36.9 Å². The predicted molar refractivity (Wildman–Crippen MR) is 127 cm³/mol. The van der Waals surface area contributed by atoms with Crippen molar-refractivity contribution in [3.63, 3.8) is 0 Å². The van der Waals surface area contributed by atoms with Crippen molar-refractivity contribution in [2.45, 2.75) is 62.9 Å². The monoisotopic (exact) mass is 504 g/mol. The number of rotatable bonds is 6. The van der Waals surface area contributed by atoms with Crippen LogP contribution in [-0.2, 0) is 16.6 Å². The van der Waals surface area contributed by atoms with Crippen molar-refractivity contribution in [3.8, 4) is 0 Å². The molecule has 0 unspecified atom stereocenters. The van der Waals surface area contributed by atoms with Gasteiger partial charge >= 0.3 is 6.18 Å². The number of pyridine rings is 1. The maximum absolute atomic E-state index is 12.9. The molecule has 2 fully saturated rings. The number of hydrogen-bond acceptors (Lipinski definition) is 5. The number of halogens is 3. The van der Waals surface area contributed by atoms with Gasteiger partial charge < -0.3 is 15.7 Å². The van der Waals surface area contributed by atoms with Crippen LogP contribution in [0.1, 0.15) is 59.3 Å². The molecular formula is C26H31F3N4O3. The van der Waals surface area contributed by atoms with Crippen LogP contribution in [0.2, 0.25) is 0 Å². The maximum Gasteiger partial charge on any atom is 0.416 e. The third kappa shape index (κ3) is 6.22. The van der Waals surface area contributed by atoms with Crippen LogP contribution in [0.15, 0.2) is 42.6 Å². The Labute approximate surface area is 208 Å². The zero-order chi connectivity index (χ0) is 25.9. The minimum absolute atomic E-state index is 0.0674. The van der Waals surface area contributed by atoms with Crippen molar-refractivity contribution in [2.75, 3.05) is 19.6 Å². The second kappa shape index (κ2) is 10.6. The van der Waals surface area contributed by atoms with Gasteiger partial charge in [0.05, 0.1) is 17.8 Å². The summed E-state index contributed by atoms with van der Waals surface area (Å²) in [5, 5.41) is 16.4. The molecule has 7 nitrogen and oxygen atoms in total. The molecule has 4 rings (SSSR count). The van der Waals surface area contributed by atoms with E-state index in [0.717, 1.165) is 55.3 Å². The number of aromatic nitrogens is 1. The molecule has 2 heterocycles. The highest BCUT2D eigenvalue weighted by atomic mass is 19.4. The number of amides is 2. The molecule has 3 N–H and O–H groups in total. The Balaban J connectivity index is 1.22. The van der Waals surface area contributed by atoms with Crippen LogP contribution in [0.3, 0.4) is 0 Å². The molecule has 1 aromatic carbocycles. The molecule has 10 heteroatoms. The molecule has 2 aromatic rings. The molecule has 36 heavy (non-hydrogen) atoms. The van der Waals surface area contributed by atoms with Crippen molar-refractivity contribution in [2.24, 2.45) is 0 Å². The summed E-state index contributed by atoms with van der Waals surface area (Å²) in [6, 6.07) is 8.19. The fourth-order valence-electron chi connectivity index (χ4n) is 5.11. The third-order valence-electron chi connectivity index (χ3n) is 7.14. The highest BCUT2D eigenvalue weighted by molar-refractivity contribution is 5.96. The van der Waals surface area contributed by atoms with E-state index < -0.39 is 23.2 Å². The van der Waals surface area contributed by atoms with E-state index in [-0.39, 0.29) is 24.1 Å². The number of aryl methyl sites for hydroxylation is 1. The van der Waals surface area contributed by atoms with Crippen LogP contribution in [0, 0.1) is 6.92 Å². The molecule has 1 saturated heterocycles. The Morgan fingerprint density at radius 3 is 2.61 bits per heavy atom. The van der Waals surface area contributed by atoms with Crippen LogP contribution < -0.4 is 10.6 Å². The van der Waals surface area contributed by atoms with E-state index >= 15 is 0 Å². The Morgan fingerprint density at radius 2 is 1.92 bits per heavy atom. The van der Waals surface area contributed by atoms with Gasteiger partial charge in [-0.15, -0.1) is 0 Å². The normalized spacial score (nSPS) is 24.9. The summed E-state index contributed by atoms with van der Waals surface area (Å²) < 4.78 is 38.6. The maximum atomic E-state index is 12.9. The molecule has 2 amide bonds. The Kier molecular flexibility index (Phi) is 7.65. The SMILES string of the molecule is Cc1ccnc(C2(O)CCC(N3CC[C@@H](NC(=O)CNC(=O)c4cccc(C(F)(F)F)c4)C3)CC2)c1. The minimum atomic E-state index is -4.55. The van der Waals surface area contributed by atoms with Crippen LogP contribution in [-0.4, -0.2) is 58.5 Å². The first kappa shape index (κ1) is 26.1. The van der Waals surface area contributed by atoms with E-state index in [1.54, 1.807) is 6.20 Å². The lowest BCUT2D eigenvalue weighted by molar-refractivity contribution is -0.137. The van der Waals surface area contributed by atoms with E-state index in [9.17, 15) is 27.9 Å². The van der Waals surface area contributed by atoms with E-state index in [1.807, 2.05) is 19.1 Å². The number of benzene rings is 1. The highest BCUT2D eigenvalue weighted by Crippen LogP contribution is 2.38. The predicted octanol–water partition coefficient (Wildman–Crippen LogP) is 3.16. The molecule has 1 saturated carbocycles. The summed E-state index contributed by atoms with van der Waals surface area (Å²) in [6.07, 6.45) is 0.876. The second-order valence-corrected chi connectivity index (χ2v) is 9.79. The Bertz CT molecular complexity index is 1100. The van der Waals surface area contributed by atoms with Crippen molar-refractivity contribution in [1.82, 2.24) is 20.5 Å². The van der Waals surface area contributed by atoms with Gasteiger partial charge in [-0.2, -0.15) is 13.2 Å². The van der Waals surface area contributed by atoms with Gasteiger partial charge in [0.25, 0.3) is 5.91 Å². The quantitative estimate of drug-likeness (QED) is 0.562. The fraction of sp³-hybridized carbons (Fsp3) is 0.500. The molecule has 0 radical (unpaired) electrons. The zero-order valence-corrected chi connectivity index (χ0v) is 20.1. The smallest absolute Gasteiger partial charge is 0.384 e. The second-order valence-electron chi connectivity index (χ2n) is 9.79. The summed E-state index contributed by atoms with van der Waals surface area (Å²) in [7, 11) is 0. The molecule has 1 aliphatic carbocycles. The number of alkyl halides is 3. The zero-order valence-electron chi connectivity index (χ0n) is 20.1. The van der Waals surface area contributed by atoms with Crippen LogP contribution >= 0.6 is 0 Å². The molecule has 1 atom stereocenters. The lowest BCUT2D eigenvalue weighted by Crippen LogP contribution is -2.45. The number of nitrogens with zero attached hydrogens (tertiary/aromatic N) is 2. The first-order chi connectivity index (χ1) is 17.0. The van der Waals surface area contributed by atoms with Crippen molar-refractivity contribution in [1.29, 1.82) is 0 Å². The van der Waals surface area contributed by atoms with Crippen LogP contribution in [0.25, 0.3) is 0 Å². The molecule has 194 valence electrons. The fourth-order valence-corrected chi connectivity index (χ4v) is 5.11. The van der Waals surface area contributed by atoms with Gasteiger partial charge in [0.15, 0.2) is 0 Å². The van der Waals surface area contributed by atoms with Gasteiger partial charge in [-0.05, 0) is 74.9 Å². The Hall–Kier alpha value is -2.98. The molecule has 1 aliphatic heterocycles. The molecule has 0 bridgehead atoms. The van der Waals surface area contributed by atoms with E-state index in [0.29, 0.717) is 25.4 Å². The van der Waals surface area contributed by atoms with E-state index in [4.69, 9.17) is 0 Å². The molecule has 0 spiro atoms. The largest absolute Gasteiger partial charge is 0.416 e. The van der Waals surface area contributed by atoms with Gasteiger partial charge in [0.2, 0.25) is 5.91 Å². The van der Waals surface area contributed by atoms with Crippen molar-refractivity contribution >= 4 is 11.8 Å². The van der Waals surface area contributed by atoms with Crippen molar-refractivity contribution in [3.05, 3.63) is 65.0 Å². The van der Waals surface area contributed by atoms with Gasteiger partial charge in [0.1, 0.15) is 5.60 Å². The summed E-state index contributed by atoms with van der Waals surface area (Å²) >= 11 is 0. The van der Waals surface area contributed by atoms with Crippen LogP contribution in [0.4, 0.5) is 13.2 Å². The first-order valence-corrected chi connectivity index (χ1v) is 12.2. The number of aliphatic hydroxyl groups is 1. The average molecular weight is 505 g/mol. The van der Waals surface area contributed by atoms with Gasteiger partial charge in [-0.1, -0.05) is 6.07 Å². The summed E-state index contributed by atoms with van der Waals surface area (Å²) in [4.78, 5) is 31.3. The highest BCUT2D eigenvalue weighted by Gasteiger charge is 2.39. The van der Waals surface area contributed by atoms with Crippen LogP contribution in [0.5, 0.6) is 0 Å². The van der Waals surface area contributed by atoms with Crippen molar-refractivity contribution < 1.29 is 27.9 Å². The Morgan fingerprint density at radius 1 is 1.17 bits per heavy atom. The number of likely N-dealkylation sites (tertiary alicyclic amines) is 1. The van der Waals surface area contributed by atoms with Gasteiger partial charge in [-0.25, -0.2) is 0 Å². The lowest BCUT2D eigenvalue weighted by Gasteiger charge is -2.39. The summed E-state index contributed by atoms with van der Waals surface area (Å²) in [5.74, 6) is -1.12. The summed E-state index contributed by atoms with van der Waals surface area (Å²) in [6.45, 7) is 3.17. The minimum Gasteiger partial charge on any atom is -0.384 e. The molecular weight excluding hydrogens is 473 g/mol. The number of hydrogen-bond donors (Lipinski definition) is 3.